The van der Waals surface area contributed by atoms with Crippen LogP contribution in [-0.4, -0.2) is 30.3 Å². The summed E-state index contributed by atoms with van der Waals surface area (Å²) >= 11 is 0. The van der Waals surface area contributed by atoms with Gasteiger partial charge in [0.05, 0.1) is 5.54 Å². The van der Waals surface area contributed by atoms with E-state index in [2.05, 4.69) is 58.8 Å². The van der Waals surface area contributed by atoms with Gasteiger partial charge < -0.3 is 15.0 Å². The number of nitrogens with one attached hydrogen (secondary N) is 1. The molecule has 0 saturated heterocycles. The van der Waals surface area contributed by atoms with Crippen molar-refractivity contribution in [3.8, 4) is 0 Å². The Kier molecular flexibility index (Phi) is 16.2. The topological polar surface area (TPSA) is 32.3 Å². The van der Waals surface area contributed by atoms with Crippen LogP contribution in [0.5, 0.6) is 0 Å². The molecule has 1 N–H and O–H groups in total. The van der Waals surface area contributed by atoms with Gasteiger partial charge in [0, 0.05) is 13.6 Å². The van der Waals surface area contributed by atoms with Gasteiger partial charge in [0.1, 0.15) is 12.1 Å². The van der Waals surface area contributed by atoms with Crippen LogP contribution in [0.15, 0.2) is 11.4 Å². The fourth-order valence-corrected chi connectivity index (χ4v) is 4.23. The van der Waals surface area contributed by atoms with Crippen LogP contribution in [0.1, 0.15) is 125 Å². The highest BCUT2D eigenvalue weighted by atomic mass is 16.1. The molecule has 0 aliphatic heterocycles. The lowest BCUT2D eigenvalue weighted by atomic mass is 9.88. The molecule has 0 bridgehead atoms. The Morgan fingerprint density at radius 1 is 0.862 bits per heavy atom. The van der Waals surface area contributed by atoms with Crippen molar-refractivity contribution in [2.45, 2.75) is 131 Å². The average molecular weight is 409 g/mol. The molecule has 0 aliphatic rings. The van der Waals surface area contributed by atoms with Gasteiger partial charge in [-0.05, 0) is 44.6 Å². The summed E-state index contributed by atoms with van der Waals surface area (Å²) in [4.78, 5) is 14.6. The first-order valence-electron chi connectivity index (χ1n) is 12.5. The number of unbranched alkanes of at least 4 members (excludes halogenated alkanes) is 4. The van der Waals surface area contributed by atoms with Crippen molar-refractivity contribution in [3.63, 3.8) is 0 Å². The minimum absolute atomic E-state index is 0.420. The van der Waals surface area contributed by atoms with Crippen molar-refractivity contribution in [2.24, 2.45) is 5.92 Å². The monoisotopic (exact) mass is 408 g/mol. The summed E-state index contributed by atoms with van der Waals surface area (Å²) in [5, 5.41) is 3.73. The van der Waals surface area contributed by atoms with Crippen LogP contribution in [0.4, 0.5) is 0 Å². The van der Waals surface area contributed by atoms with Crippen LogP contribution in [0.25, 0.3) is 0 Å². The normalized spacial score (nSPS) is 12.5. The van der Waals surface area contributed by atoms with Crippen LogP contribution < -0.4 is 5.32 Å². The maximum Gasteiger partial charge on any atom is 0.145 e. The molecule has 0 rings (SSSR count). The second kappa shape index (κ2) is 16.8. The molecule has 0 aromatic carbocycles. The molecular weight excluding hydrogens is 356 g/mol. The molecule has 172 valence electrons. The van der Waals surface area contributed by atoms with Gasteiger partial charge in [-0.2, -0.15) is 0 Å². The first kappa shape index (κ1) is 28.0. The quantitative estimate of drug-likeness (QED) is 0.178. The molecule has 1 atom stereocenters. The number of hydrogen-bond donors (Lipinski definition) is 1. The molecule has 3 nitrogen and oxygen atoms in total. The van der Waals surface area contributed by atoms with Crippen molar-refractivity contribution in [1.29, 1.82) is 0 Å². The third kappa shape index (κ3) is 11.7. The van der Waals surface area contributed by atoms with E-state index in [1.807, 2.05) is 0 Å². The van der Waals surface area contributed by atoms with E-state index in [4.69, 9.17) is 0 Å². The molecular formula is C26H52N2O. The van der Waals surface area contributed by atoms with E-state index in [0.29, 0.717) is 0 Å². The van der Waals surface area contributed by atoms with Crippen molar-refractivity contribution in [3.05, 3.63) is 11.4 Å². The molecule has 29 heavy (non-hydrogen) atoms. The summed E-state index contributed by atoms with van der Waals surface area (Å²) in [5.41, 5.74) is 0.848. The van der Waals surface area contributed by atoms with E-state index >= 15 is 0 Å². The fourth-order valence-electron chi connectivity index (χ4n) is 4.23. The van der Waals surface area contributed by atoms with Crippen LogP contribution in [0.2, 0.25) is 0 Å². The van der Waals surface area contributed by atoms with Crippen LogP contribution in [0, 0.1) is 5.92 Å². The maximum absolute atomic E-state index is 12.2. The minimum Gasteiger partial charge on any atom is -0.362 e. The van der Waals surface area contributed by atoms with Gasteiger partial charge in [-0.25, -0.2) is 0 Å². The zero-order valence-electron chi connectivity index (χ0n) is 20.9. The van der Waals surface area contributed by atoms with Crippen molar-refractivity contribution >= 4 is 6.29 Å². The Morgan fingerprint density at radius 2 is 1.45 bits per heavy atom. The van der Waals surface area contributed by atoms with E-state index in [1.54, 1.807) is 0 Å². The van der Waals surface area contributed by atoms with E-state index in [-0.39, 0.29) is 0 Å². The molecule has 0 radical (unpaired) electrons. The van der Waals surface area contributed by atoms with Gasteiger partial charge >= 0.3 is 0 Å². The number of hydrogen-bond acceptors (Lipinski definition) is 3. The third-order valence-electron chi connectivity index (χ3n) is 6.19. The number of carbonyl (C=O) groups excluding carboxylic acids is 1. The standard InChI is InChI=1S/C26H52N2O/c1-8-12-15-17-24(16-11-4)18-21-28(7)25(23(5)6)27-26(22-29,19-13-9-2)20-14-10-3/h22,24,27H,8-21H2,1-7H3. The molecule has 0 spiro atoms. The molecule has 0 fully saturated rings. The lowest BCUT2D eigenvalue weighted by molar-refractivity contribution is -0.114. The highest BCUT2D eigenvalue weighted by Gasteiger charge is 2.30. The summed E-state index contributed by atoms with van der Waals surface area (Å²) < 4.78 is 0. The first-order chi connectivity index (χ1) is 13.9. The Bertz CT molecular complexity index is 432. The summed E-state index contributed by atoms with van der Waals surface area (Å²) in [6.45, 7) is 14.4. The zero-order valence-corrected chi connectivity index (χ0v) is 20.9. The number of carbonyl (C=O) groups is 1. The lowest BCUT2D eigenvalue weighted by Crippen LogP contribution is -2.50. The Labute approximate surface area is 183 Å². The predicted octanol–water partition coefficient (Wildman–Crippen LogP) is 7.46. The molecule has 0 aromatic heterocycles. The third-order valence-corrected chi connectivity index (χ3v) is 6.19. The Morgan fingerprint density at radius 3 is 1.90 bits per heavy atom. The zero-order chi connectivity index (χ0) is 22.1. The Hall–Kier alpha value is -0.990. The second-order valence-corrected chi connectivity index (χ2v) is 9.32. The molecule has 0 heterocycles. The number of allylic oxidation sites excluding steroid dienone is 1. The maximum atomic E-state index is 12.2. The van der Waals surface area contributed by atoms with Crippen molar-refractivity contribution < 1.29 is 4.79 Å². The van der Waals surface area contributed by atoms with E-state index in [1.165, 1.54) is 56.8 Å². The molecule has 1 unspecified atom stereocenters. The Balaban J connectivity index is 5.15. The van der Waals surface area contributed by atoms with Crippen LogP contribution in [0.3, 0.4) is 0 Å². The summed E-state index contributed by atoms with van der Waals surface area (Å²) in [6, 6.07) is 0. The van der Waals surface area contributed by atoms with Gasteiger partial charge in [0.2, 0.25) is 0 Å². The van der Waals surface area contributed by atoms with Crippen LogP contribution in [-0.2, 0) is 4.79 Å². The highest BCUT2D eigenvalue weighted by Crippen LogP contribution is 2.24. The largest absolute Gasteiger partial charge is 0.362 e. The summed E-state index contributed by atoms with van der Waals surface area (Å²) in [5.74, 6) is 1.98. The smallest absolute Gasteiger partial charge is 0.145 e. The second-order valence-electron chi connectivity index (χ2n) is 9.32. The van der Waals surface area contributed by atoms with E-state index in [9.17, 15) is 4.79 Å². The van der Waals surface area contributed by atoms with Gasteiger partial charge in [-0.3, -0.25) is 0 Å². The number of aldehydes is 1. The molecule has 0 amide bonds. The van der Waals surface area contributed by atoms with Gasteiger partial charge in [-0.15, -0.1) is 0 Å². The predicted molar refractivity (Wildman–Crippen MR) is 129 cm³/mol. The van der Waals surface area contributed by atoms with Gasteiger partial charge in [0.25, 0.3) is 0 Å². The summed E-state index contributed by atoms with van der Waals surface area (Å²) in [6.07, 6.45) is 16.7. The first-order valence-corrected chi connectivity index (χ1v) is 12.5. The van der Waals surface area contributed by atoms with Gasteiger partial charge in [0.15, 0.2) is 0 Å². The lowest BCUT2D eigenvalue weighted by Gasteiger charge is -2.36. The number of rotatable bonds is 19. The summed E-state index contributed by atoms with van der Waals surface area (Å²) in [7, 11) is 2.19. The molecule has 3 heteroatoms. The van der Waals surface area contributed by atoms with Crippen molar-refractivity contribution in [2.75, 3.05) is 13.6 Å². The highest BCUT2D eigenvalue weighted by molar-refractivity contribution is 5.64. The molecule has 0 saturated carbocycles. The fraction of sp³-hybridized carbons (Fsp3) is 0.885. The van der Waals surface area contributed by atoms with Gasteiger partial charge in [-0.1, -0.05) is 91.9 Å². The number of nitrogens with zero attached hydrogens (tertiary/aromatic N) is 1. The minimum atomic E-state index is -0.420. The molecule has 0 aliphatic carbocycles. The SMILES string of the molecule is CCCCCC(CCC)CCN(C)C(NC(C=O)(CCCC)CCCC)=C(C)C. The van der Waals surface area contributed by atoms with Crippen LogP contribution >= 0.6 is 0 Å². The molecule has 0 aromatic rings. The van der Waals surface area contributed by atoms with E-state index < -0.39 is 5.54 Å². The average Bonchev–Trinajstić information content (AvgIpc) is 2.71. The van der Waals surface area contributed by atoms with E-state index in [0.717, 1.165) is 56.8 Å². The van der Waals surface area contributed by atoms with Crippen molar-refractivity contribution in [1.82, 2.24) is 10.2 Å².